The molecule has 0 radical (unpaired) electrons. The molecule has 1 aliphatic heterocycles. The molecule has 1 aliphatic rings. The van der Waals surface area contributed by atoms with Crippen molar-refractivity contribution < 1.29 is 19.8 Å². The van der Waals surface area contributed by atoms with Crippen LogP contribution >= 0.6 is 0 Å². The second-order valence-corrected chi connectivity index (χ2v) is 4.89. The molecular weight excluding hydrogens is 266 g/mol. The molecule has 8 nitrogen and oxygen atoms in total. The molecule has 2 rings (SSSR count). The number of rotatable bonds is 2. The van der Waals surface area contributed by atoms with Crippen molar-refractivity contribution in [2.45, 2.75) is 19.9 Å². The number of fused-ring (bicyclic) bond motifs is 1. The Kier molecular flexibility index (Phi) is 3.16. The molecule has 1 amide bonds. The first-order chi connectivity index (χ1) is 9.25. The van der Waals surface area contributed by atoms with Gasteiger partial charge in [0.2, 0.25) is 5.43 Å². The first-order valence-electron chi connectivity index (χ1n) is 6.00. The van der Waals surface area contributed by atoms with Gasteiger partial charge in [0.15, 0.2) is 11.4 Å². The molecule has 1 aromatic rings. The van der Waals surface area contributed by atoms with E-state index in [2.05, 4.69) is 0 Å². The van der Waals surface area contributed by atoms with Gasteiger partial charge in [-0.3, -0.25) is 19.3 Å². The zero-order valence-corrected chi connectivity index (χ0v) is 11.3. The molecule has 2 heterocycles. The number of carboxylic acids is 1. The van der Waals surface area contributed by atoms with Crippen LogP contribution in [0, 0.1) is 0 Å². The van der Waals surface area contributed by atoms with Gasteiger partial charge >= 0.3 is 5.97 Å². The lowest BCUT2D eigenvalue weighted by molar-refractivity contribution is 0.0627. The van der Waals surface area contributed by atoms with E-state index in [4.69, 9.17) is 5.11 Å². The fraction of sp³-hybridized carbons (Fsp3) is 0.417. The van der Waals surface area contributed by atoms with Crippen molar-refractivity contribution in [1.82, 2.24) is 9.58 Å². The Hall–Kier alpha value is -2.51. The third kappa shape index (κ3) is 1.89. The van der Waals surface area contributed by atoms with Gasteiger partial charge in [-0.25, -0.2) is 4.79 Å². The van der Waals surface area contributed by atoms with E-state index in [9.17, 15) is 19.5 Å². The molecule has 0 saturated heterocycles. The van der Waals surface area contributed by atoms with Crippen LogP contribution in [0.5, 0.6) is 5.75 Å². The molecule has 0 fully saturated rings. The monoisotopic (exact) mass is 281 g/mol. The van der Waals surface area contributed by atoms with E-state index >= 15 is 0 Å². The molecule has 0 aromatic carbocycles. The predicted molar refractivity (Wildman–Crippen MR) is 69.6 cm³/mol. The van der Waals surface area contributed by atoms with Crippen molar-refractivity contribution in [2.75, 3.05) is 18.7 Å². The normalized spacial score (nSPS) is 14.7. The van der Waals surface area contributed by atoms with Crippen LogP contribution in [0.25, 0.3) is 0 Å². The molecule has 0 spiro atoms. The summed E-state index contributed by atoms with van der Waals surface area (Å²) in [4.78, 5) is 36.5. The van der Waals surface area contributed by atoms with Gasteiger partial charge in [0.05, 0.1) is 0 Å². The molecule has 0 bridgehead atoms. The zero-order chi connectivity index (χ0) is 15.2. The van der Waals surface area contributed by atoms with Crippen LogP contribution in [0.3, 0.4) is 0 Å². The summed E-state index contributed by atoms with van der Waals surface area (Å²) in [5.41, 5.74) is -1.86. The fourth-order valence-electron chi connectivity index (χ4n) is 2.10. The highest BCUT2D eigenvalue weighted by atomic mass is 16.4. The van der Waals surface area contributed by atoms with E-state index < -0.39 is 28.6 Å². The van der Waals surface area contributed by atoms with E-state index in [0.717, 1.165) is 6.20 Å². The minimum absolute atomic E-state index is 0.118. The summed E-state index contributed by atoms with van der Waals surface area (Å²) in [5, 5.41) is 20.4. The van der Waals surface area contributed by atoms with Gasteiger partial charge in [-0.2, -0.15) is 0 Å². The van der Waals surface area contributed by atoms with Crippen LogP contribution < -0.4 is 10.4 Å². The molecule has 0 unspecified atom stereocenters. The Morgan fingerprint density at radius 3 is 2.45 bits per heavy atom. The Bertz CT molecular complexity index is 649. The molecule has 0 saturated carbocycles. The van der Waals surface area contributed by atoms with Crippen LogP contribution in [-0.4, -0.2) is 51.4 Å². The van der Waals surface area contributed by atoms with Gasteiger partial charge in [-0.05, 0) is 13.8 Å². The van der Waals surface area contributed by atoms with Crippen LogP contribution in [0.15, 0.2) is 11.0 Å². The van der Waals surface area contributed by atoms with Gasteiger partial charge in [-0.15, -0.1) is 0 Å². The topological polar surface area (TPSA) is 103 Å². The quantitative estimate of drug-likeness (QED) is 0.767. The molecular formula is C12H15N3O5. The summed E-state index contributed by atoms with van der Waals surface area (Å²) < 4.78 is 1.20. The fourth-order valence-corrected chi connectivity index (χ4v) is 2.10. The van der Waals surface area contributed by atoms with Gasteiger partial charge in [-0.1, -0.05) is 0 Å². The Morgan fingerprint density at radius 1 is 1.35 bits per heavy atom. The zero-order valence-electron chi connectivity index (χ0n) is 11.3. The molecule has 20 heavy (non-hydrogen) atoms. The summed E-state index contributed by atoms with van der Waals surface area (Å²) in [5.74, 6) is -2.80. The molecule has 1 aromatic heterocycles. The Balaban J connectivity index is 2.72. The van der Waals surface area contributed by atoms with E-state index in [1.165, 1.54) is 9.58 Å². The first kappa shape index (κ1) is 13.9. The van der Waals surface area contributed by atoms with E-state index in [1.54, 1.807) is 12.1 Å². The number of aromatic hydroxyl groups is 1. The number of aromatic carboxylic acids is 1. The largest absolute Gasteiger partial charge is 0.502 e. The highest BCUT2D eigenvalue weighted by molar-refractivity contribution is 5.97. The number of carbonyl (C=O) groups excluding carboxylic acids is 1. The maximum atomic E-state index is 12.3. The van der Waals surface area contributed by atoms with Crippen molar-refractivity contribution >= 4 is 11.9 Å². The van der Waals surface area contributed by atoms with Crippen LogP contribution in [0.4, 0.5) is 0 Å². The van der Waals surface area contributed by atoms with Crippen molar-refractivity contribution in [2.24, 2.45) is 0 Å². The molecule has 0 aliphatic carbocycles. The standard InChI is InChI=1S/C12H15N3O5/c1-6(2)14-5-13(3)15-4-7(12(19)20)9(16)10(17)8(15)11(14)18/h4,6,17H,5H2,1-3H3,(H,19,20). The second kappa shape index (κ2) is 4.55. The summed E-state index contributed by atoms with van der Waals surface area (Å²) in [7, 11) is 1.63. The summed E-state index contributed by atoms with van der Waals surface area (Å²) >= 11 is 0. The lowest BCUT2D eigenvalue weighted by Crippen LogP contribution is -2.54. The average molecular weight is 281 g/mol. The number of hydrogen-bond donors (Lipinski definition) is 2. The van der Waals surface area contributed by atoms with Gasteiger partial charge < -0.3 is 15.1 Å². The van der Waals surface area contributed by atoms with Crippen molar-refractivity contribution in [3.63, 3.8) is 0 Å². The Labute approximate surface area is 114 Å². The maximum absolute atomic E-state index is 12.3. The number of aromatic nitrogens is 1. The maximum Gasteiger partial charge on any atom is 0.341 e. The van der Waals surface area contributed by atoms with Gasteiger partial charge in [0, 0.05) is 19.3 Å². The summed E-state index contributed by atoms with van der Waals surface area (Å²) in [6.45, 7) is 3.84. The van der Waals surface area contributed by atoms with E-state index in [0.29, 0.717) is 0 Å². The van der Waals surface area contributed by atoms with E-state index in [-0.39, 0.29) is 18.4 Å². The number of amides is 1. The minimum Gasteiger partial charge on any atom is -0.502 e. The smallest absolute Gasteiger partial charge is 0.341 e. The molecule has 8 heteroatoms. The Morgan fingerprint density at radius 2 is 1.95 bits per heavy atom. The van der Waals surface area contributed by atoms with Crippen LogP contribution in [-0.2, 0) is 0 Å². The highest BCUT2D eigenvalue weighted by Crippen LogP contribution is 2.21. The first-order valence-corrected chi connectivity index (χ1v) is 6.00. The number of carbonyl (C=O) groups is 2. The molecule has 0 atom stereocenters. The third-order valence-corrected chi connectivity index (χ3v) is 3.21. The number of carboxylic acid groups (broad SMARTS) is 1. The SMILES string of the molecule is CC(C)N1CN(C)n2cc(C(=O)O)c(=O)c(O)c2C1=O. The lowest BCUT2D eigenvalue weighted by Gasteiger charge is -2.39. The van der Waals surface area contributed by atoms with Crippen LogP contribution in [0.1, 0.15) is 34.7 Å². The molecule has 108 valence electrons. The number of hydrogen-bond acceptors (Lipinski definition) is 5. The lowest BCUT2D eigenvalue weighted by atomic mass is 10.1. The molecule has 2 N–H and O–H groups in total. The van der Waals surface area contributed by atoms with Gasteiger partial charge in [0.25, 0.3) is 5.91 Å². The number of pyridine rings is 1. The number of nitrogens with zero attached hydrogens (tertiary/aromatic N) is 3. The van der Waals surface area contributed by atoms with Crippen molar-refractivity contribution in [3.05, 3.63) is 27.7 Å². The average Bonchev–Trinajstić information content (AvgIpc) is 2.36. The van der Waals surface area contributed by atoms with Gasteiger partial charge in [0.1, 0.15) is 12.2 Å². The van der Waals surface area contributed by atoms with Crippen LogP contribution in [0.2, 0.25) is 0 Å². The third-order valence-electron chi connectivity index (χ3n) is 3.21. The van der Waals surface area contributed by atoms with Crippen molar-refractivity contribution in [3.8, 4) is 5.75 Å². The minimum atomic E-state index is -1.45. The predicted octanol–water partition coefficient (Wildman–Crippen LogP) is -0.358. The highest BCUT2D eigenvalue weighted by Gasteiger charge is 2.34. The second-order valence-electron chi connectivity index (χ2n) is 4.89. The van der Waals surface area contributed by atoms with Crippen molar-refractivity contribution in [1.29, 1.82) is 0 Å². The summed E-state index contributed by atoms with van der Waals surface area (Å²) in [6.07, 6.45) is 1.05. The summed E-state index contributed by atoms with van der Waals surface area (Å²) in [6, 6.07) is -0.118. The van der Waals surface area contributed by atoms with E-state index in [1.807, 2.05) is 13.8 Å².